The summed E-state index contributed by atoms with van der Waals surface area (Å²) >= 11 is 1.30. The number of rotatable bonds is 7. The fourth-order valence-electron chi connectivity index (χ4n) is 4.42. The van der Waals surface area contributed by atoms with Crippen LogP contribution in [0, 0.1) is 11.7 Å². The van der Waals surface area contributed by atoms with Gasteiger partial charge in [-0.15, -0.1) is 0 Å². The van der Waals surface area contributed by atoms with Crippen molar-refractivity contribution in [3.05, 3.63) is 78.2 Å². The summed E-state index contributed by atoms with van der Waals surface area (Å²) in [5.41, 5.74) is 2.62. The van der Waals surface area contributed by atoms with Crippen molar-refractivity contribution in [3.63, 3.8) is 0 Å². The summed E-state index contributed by atoms with van der Waals surface area (Å²) in [7, 11) is 1.80. The standard InChI is InChI=1S/C31H31FN8O2S/c1-31(2,3)24-17-26(40(38-24)19-8-6-5-7-9-19)36-29(42)33-23-16-20(12-13-21(23)32)39(4)25-15-14-22-28(35-25)43-30(34-22)37-27(41)18-10-11-18/h5-9,12-18H,10-11H2,1-4H3,(H2,33,36,42)(H,34,37,41). The van der Waals surface area contributed by atoms with Gasteiger partial charge >= 0.3 is 6.03 Å². The van der Waals surface area contributed by atoms with Gasteiger partial charge in [-0.2, -0.15) is 5.10 Å². The number of urea groups is 1. The summed E-state index contributed by atoms with van der Waals surface area (Å²) in [5.74, 6) is 0.542. The quantitative estimate of drug-likeness (QED) is 0.184. The van der Waals surface area contributed by atoms with Gasteiger partial charge in [-0.25, -0.2) is 23.8 Å². The van der Waals surface area contributed by atoms with E-state index in [4.69, 9.17) is 10.1 Å². The number of nitrogens with one attached hydrogen (secondary N) is 3. The van der Waals surface area contributed by atoms with Crippen LogP contribution >= 0.6 is 11.3 Å². The molecule has 1 fully saturated rings. The van der Waals surface area contributed by atoms with Crippen LogP contribution in [0.4, 0.5) is 37.3 Å². The first-order chi connectivity index (χ1) is 20.5. The summed E-state index contributed by atoms with van der Waals surface area (Å²) < 4.78 is 16.5. The van der Waals surface area contributed by atoms with Gasteiger partial charge in [0.25, 0.3) is 0 Å². The van der Waals surface area contributed by atoms with Crippen LogP contribution in [-0.2, 0) is 10.2 Å². The van der Waals surface area contributed by atoms with Crippen LogP contribution in [0.15, 0.2) is 66.7 Å². The topological polar surface area (TPSA) is 117 Å². The first-order valence-corrected chi connectivity index (χ1v) is 14.7. The van der Waals surface area contributed by atoms with E-state index in [9.17, 15) is 14.0 Å². The predicted molar refractivity (Wildman–Crippen MR) is 168 cm³/mol. The molecule has 1 saturated carbocycles. The highest BCUT2D eigenvalue weighted by Gasteiger charge is 2.30. The Labute approximate surface area is 252 Å². The zero-order valence-corrected chi connectivity index (χ0v) is 25.0. The van der Waals surface area contributed by atoms with Gasteiger partial charge < -0.3 is 15.5 Å². The fourth-order valence-corrected chi connectivity index (χ4v) is 5.26. The van der Waals surface area contributed by atoms with Crippen molar-refractivity contribution in [2.75, 3.05) is 27.9 Å². The second-order valence-corrected chi connectivity index (χ2v) is 12.5. The number of hydrogen-bond acceptors (Lipinski definition) is 7. The van der Waals surface area contributed by atoms with Gasteiger partial charge in [-0.1, -0.05) is 50.3 Å². The molecule has 3 heterocycles. The molecular formula is C31H31FN8O2S. The molecule has 10 nitrogen and oxygen atoms in total. The highest BCUT2D eigenvalue weighted by atomic mass is 32.1. The lowest BCUT2D eigenvalue weighted by molar-refractivity contribution is -0.117. The summed E-state index contributed by atoms with van der Waals surface area (Å²) in [6.45, 7) is 6.12. The number of benzene rings is 2. The van der Waals surface area contributed by atoms with E-state index < -0.39 is 11.8 Å². The summed E-state index contributed by atoms with van der Waals surface area (Å²) in [4.78, 5) is 36.8. The van der Waals surface area contributed by atoms with Crippen LogP contribution in [0.2, 0.25) is 0 Å². The Bertz CT molecular complexity index is 1820. The molecule has 3 N–H and O–H groups in total. The van der Waals surface area contributed by atoms with E-state index in [0.717, 1.165) is 24.2 Å². The molecule has 1 aliphatic carbocycles. The number of thiazole rings is 1. The summed E-state index contributed by atoms with van der Waals surface area (Å²) in [5, 5.41) is 13.6. The largest absolute Gasteiger partial charge is 0.329 e. The molecule has 12 heteroatoms. The van der Waals surface area contributed by atoms with E-state index in [1.165, 1.54) is 17.4 Å². The smallest absolute Gasteiger partial charge is 0.324 e. The van der Waals surface area contributed by atoms with Crippen LogP contribution in [0.1, 0.15) is 39.3 Å². The number of amides is 3. The second kappa shape index (κ2) is 11.1. The minimum atomic E-state index is -0.610. The lowest BCUT2D eigenvalue weighted by Crippen LogP contribution is -2.22. The van der Waals surface area contributed by atoms with Gasteiger partial charge in [0, 0.05) is 30.1 Å². The molecule has 3 amide bonds. The van der Waals surface area contributed by atoms with Crippen LogP contribution < -0.4 is 20.9 Å². The predicted octanol–water partition coefficient (Wildman–Crippen LogP) is 7.07. The minimum Gasteiger partial charge on any atom is -0.329 e. The number of carbonyl (C=O) groups excluding carboxylic acids is 2. The maximum absolute atomic E-state index is 14.9. The Morgan fingerprint density at radius 3 is 2.47 bits per heavy atom. The molecule has 0 radical (unpaired) electrons. The van der Waals surface area contributed by atoms with Gasteiger partial charge in [-0.3, -0.25) is 10.1 Å². The molecule has 3 aromatic heterocycles. The summed E-state index contributed by atoms with van der Waals surface area (Å²) in [6, 6.07) is 18.8. The highest BCUT2D eigenvalue weighted by Crippen LogP contribution is 2.34. The normalized spacial score (nSPS) is 13.1. The number of halogens is 1. The van der Waals surface area contributed by atoms with Gasteiger partial charge in [0.15, 0.2) is 5.13 Å². The Hall–Kier alpha value is -4.84. The number of pyridine rings is 1. The third-order valence-electron chi connectivity index (χ3n) is 7.07. The molecule has 0 bridgehead atoms. The van der Waals surface area contributed by atoms with E-state index in [2.05, 4.69) is 20.9 Å². The number of fused-ring (bicyclic) bond motifs is 1. The molecule has 0 unspecified atom stereocenters. The maximum Gasteiger partial charge on any atom is 0.324 e. The first kappa shape index (κ1) is 28.3. The lowest BCUT2D eigenvalue weighted by atomic mass is 9.92. The average molecular weight is 599 g/mol. The van der Waals surface area contributed by atoms with E-state index in [1.54, 1.807) is 34.8 Å². The van der Waals surface area contributed by atoms with Crippen LogP contribution in [0.25, 0.3) is 16.0 Å². The molecule has 0 spiro atoms. The number of hydrogen-bond donors (Lipinski definition) is 3. The number of carbonyl (C=O) groups is 2. The van der Waals surface area contributed by atoms with Crippen molar-refractivity contribution in [3.8, 4) is 5.69 Å². The minimum absolute atomic E-state index is 0.00705. The lowest BCUT2D eigenvalue weighted by Gasteiger charge is -2.19. The molecule has 0 aliphatic heterocycles. The molecule has 5 aromatic rings. The van der Waals surface area contributed by atoms with Gasteiger partial charge in [0.1, 0.15) is 27.8 Å². The van der Waals surface area contributed by atoms with E-state index in [1.807, 2.05) is 63.2 Å². The Morgan fingerprint density at radius 2 is 1.74 bits per heavy atom. The molecule has 0 saturated heterocycles. The van der Waals surface area contributed by atoms with Crippen molar-refractivity contribution >= 4 is 61.8 Å². The zero-order chi connectivity index (χ0) is 30.3. The van der Waals surface area contributed by atoms with Gasteiger partial charge in [0.2, 0.25) is 5.91 Å². The molecule has 1 aliphatic rings. The molecule has 2 aromatic carbocycles. The molecule has 43 heavy (non-hydrogen) atoms. The highest BCUT2D eigenvalue weighted by molar-refractivity contribution is 7.22. The molecule has 0 atom stereocenters. The van der Waals surface area contributed by atoms with E-state index >= 15 is 0 Å². The average Bonchev–Trinajstić information content (AvgIpc) is 3.62. The Balaban J connectivity index is 1.20. The van der Waals surface area contributed by atoms with E-state index in [-0.39, 0.29) is 22.9 Å². The van der Waals surface area contributed by atoms with Crippen molar-refractivity contribution in [2.24, 2.45) is 5.92 Å². The van der Waals surface area contributed by atoms with Crippen molar-refractivity contribution in [1.82, 2.24) is 19.7 Å². The van der Waals surface area contributed by atoms with Crippen LogP contribution in [-0.4, -0.2) is 38.7 Å². The molecule has 220 valence electrons. The fraction of sp³-hybridized carbons (Fsp3) is 0.258. The number of para-hydroxylation sites is 1. The van der Waals surface area contributed by atoms with Gasteiger partial charge in [0.05, 0.1) is 17.1 Å². The monoisotopic (exact) mass is 598 g/mol. The van der Waals surface area contributed by atoms with Crippen LogP contribution in [0.3, 0.4) is 0 Å². The SMILES string of the molecule is CN(c1ccc(F)c(NC(=O)Nc2cc(C(C)(C)C)nn2-c2ccccc2)c1)c1ccc2nc(NC(=O)C3CC3)sc2n1. The Kier molecular flexibility index (Phi) is 7.30. The third kappa shape index (κ3) is 6.19. The number of nitrogens with zero attached hydrogens (tertiary/aromatic N) is 5. The van der Waals surface area contributed by atoms with Crippen molar-refractivity contribution in [1.29, 1.82) is 0 Å². The molecular weight excluding hydrogens is 567 g/mol. The van der Waals surface area contributed by atoms with E-state index in [0.29, 0.717) is 32.8 Å². The van der Waals surface area contributed by atoms with Crippen molar-refractivity contribution < 1.29 is 14.0 Å². The second-order valence-electron chi connectivity index (χ2n) is 11.5. The first-order valence-electron chi connectivity index (χ1n) is 13.9. The van der Waals surface area contributed by atoms with Gasteiger partial charge in [-0.05, 0) is 55.3 Å². The summed E-state index contributed by atoms with van der Waals surface area (Å²) in [6.07, 6.45) is 1.83. The third-order valence-corrected chi connectivity index (χ3v) is 7.95. The molecule has 6 rings (SSSR count). The van der Waals surface area contributed by atoms with Crippen molar-refractivity contribution in [2.45, 2.75) is 39.0 Å². The van der Waals surface area contributed by atoms with Crippen LogP contribution in [0.5, 0.6) is 0 Å². The Morgan fingerprint density at radius 1 is 0.977 bits per heavy atom. The number of aromatic nitrogens is 4. The maximum atomic E-state index is 14.9. The number of anilines is 5. The zero-order valence-electron chi connectivity index (χ0n) is 24.2.